The zero-order chi connectivity index (χ0) is 17.8. The topological polar surface area (TPSA) is 34.1 Å². The van der Waals surface area contributed by atoms with Gasteiger partial charge in [-0.15, -0.1) is 12.4 Å². The highest BCUT2D eigenvalue weighted by Gasteiger charge is 2.09. The van der Waals surface area contributed by atoms with Gasteiger partial charge in [0, 0.05) is 16.5 Å². The lowest BCUT2D eigenvalue weighted by atomic mass is 10.1. The van der Waals surface area contributed by atoms with Crippen LogP contribution in [-0.2, 0) is 0 Å². The Kier molecular flexibility index (Phi) is 6.15. The average molecular weight is 379 g/mol. The van der Waals surface area contributed by atoms with E-state index < -0.39 is 0 Å². The zero-order valence-corrected chi connectivity index (χ0v) is 16.1. The van der Waals surface area contributed by atoms with Gasteiger partial charge >= 0.3 is 0 Å². The molecule has 3 aromatic carbocycles. The summed E-state index contributed by atoms with van der Waals surface area (Å²) in [7, 11) is 0. The molecule has 3 nitrogen and oxygen atoms in total. The minimum Gasteiger partial charge on any atom is -0.494 e. The summed E-state index contributed by atoms with van der Waals surface area (Å²) in [5.41, 5.74) is 4.11. The molecule has 0 saturated heterocycles. The number of benzene rings is 3. The van der Waals surface area contributed by atoms with E-state index in [-0.39, 0.29) is 12.4 Å². The van der Waals surface area contributed by atoms with Gasteiger partial charge in [0.1, 0.15) is 5.75 Å². The highest BCUT2D eigenvalue weighted by molar-refractivity contribution is 6.08. The highest BCUT2D eigenvalue weighted by Crippen LogP contribution is 2.33. The number of ether oxygens (including phenoxy) is 1. The summed E-state index contributed by atoms with van der Waals surface area (Å²) < 4.78 is 5.75. The van der Waals surface area contributed by atoms with E-state index in [0.717, 1.165) is 58.4 Å². The number of halogens is 1. The number of nitrogens with one attached hydrogen (secondary N) is 1. The van der Waals surface area contributed by atoms with Crippen molar-refractivity contribution in [1.82, 2.24) is 4.98 Å². The second-order valence-corrected chi connectivity index (χ2v) is 6.37. The first-order valence-corrected chi connectivity index (χ1v) is 9.12. The van der Waals surface area contributed by atoms with E-state index in [1.54, 1.807) is 0 Å². The Bertz CT molecular complexity index is 977. The van der Waals surface area contributed by atoms with Crippen LogP contribution in [0.2, 0.25) is 0 Å². The largest absolute Gasteiger partial charge is 0.494 e. The maximum absolute atomic E-state index is 5.75. The molecule has 0 bridgehead atoms. The molecule has 0 aliphatic carbocycles. The highest BCUT2D eigenvalue weighted by atomic mass is 35.5. The van der Waals surface area contributed by atoms with Gasteiger partial charge in [-0.2, -0.15) is 0 Å². The molecule has 0 atom stereocenters. The molecule has 0 spiro atoms. The molecule has 4 aromatic rings. The van der Waals surface area contributed by atoms with E-state index in [2.05, 4.69) is 60.8 Å². The molecule has 0 fully saturated rings. The van der Waals surface area contributed by atoms with Gasteiger partial charge in [-0.05, 0) is 42.8 Å². The van der Waals surface area contributed by atoms with E-state index in [1.165, 1.54) is 0 Å². The normalized spacial score (nSPS) is 10.6. The Balaban J connectivity index is 0.00000210. The standard InChI is InChI=1S/C23H22N2O.ClH/c1-2-3-16-26-18-14-12-17(13-15-18)24-23-19-8-4-6-10-21(19)25-22-11-7-5-9-20(22)23;/h4-15H,2-3,16H2,1H3,(H,24,25);1H. The first-order valence-electron chi connectivity index (χ1n) is 9.12. The summed E-state index contributed by atoms with van der Waals surface area (Å²) in [4.78, 5) is 4.78. The Hall–Kier alpha value is -2.78. The average Bonchev–Trinajstić information content (AvgIpc) is 2.69. The second-order valence-electron chi connectivity index (χ2n) is 6.37. The van der Waals surface area contributed by atoms with E-state index in [1.807, 2.05) is 24.3 Å². The van der Waals surface area contributed by atoms with Crippen LogP contribution in [0, 0.1) is 0 Å². The van der Waals surface area contributed by atoms with Crippen LogP contribution in [0.1, 0.15) is 19.8 Å². The number of fused-ring (bicyclic) bond motifs is 2. The van der Waals surface area contributed by atoms with Gasteiger partial charge in [-0.3, -0.25) is 0 Å². The molecule has 27 heavy (non-hydrogen) atoms. The summed E-state index contributed by atoms with van der Waals surface area (Å²) >= 11 is 0. The van der Waals surface area contributed by atoms with Crippen molar-refractivity contribution >= 4 is 45.6 Å². The molecule has 4 rings (SSSR count). The lowest BCUT2D eigenvalue weighted by molar-refractivity contribution is 0.309. The smallest absolute Gasteiger partial charge is 0.119 e. The van der Waals surface area contributed by atoms with Crippen molar-refractivity contribution in [2.45, 2.75) is 19.8 Å². The van der Waals surface area contributed by atoms with Crippen LogP contribution in [0.3, 0.4) is 0 Å². The van der Waals surface area contributed by atoms with Crippen LogP contribution in [0.5, 0.6) is 5.75 Å². The van der Waals surface area contributed by atoms with Gasteiger partial charge in [-0.25, -0.2) is 4.98 Å². The fourth-order valence-electron chi connectivity index (χ4n) is 3.09. The van der Waals surface area contributed by atoms with Crippen molar-refractivity contribution in [3.05, 3.63) is 72.8 Å². The number of unbranched alkanes of at least 4 members (excludes halogenated alkanes) is 1. The van der Waals surface area contributed by atoms with E-state index in [4.69, 9.17) is 9.72 Å². The summed E-state index contributed by atoms with van der Waals surface area (Å²) in [6, 6.07) is 24.6. The summed E-state index contributed by atoms with van der Waals surface area (Å²) in [5, 5.41) is 5.83. The number of pyridine rings is 1. The number of hydrogen-bond donors (Lipinski definition) is 1. The number of rotatable bonds is 6. The van der Waals surface area contributed by atoms with Gasteiger partial charge in [0.25, 0.3) is 0 Å². The third-order valence-electron chi connectivity index (χ3n) is 4.48. The molecule has 1 N–H and O–H groups in total. The molecule has 138 valence electrons. The molecule has 0 aliphatic heterocycles. The van der Waals surface area contributed by atoms with E-state index in [9.17, 15) is 0 Å². The lowest BCUT2D eigenvalue weighted by Crippen LogP contribution is -1.97. The fourth-order valence-corrected chi connectivity index (χ4v) is 3.09. The van der Waals surface area contributed by atoms with Crippen LogP contribution < -0.4 is 10.1 Å². The van der Waals surface area contributed by atoms with Gasteiger partial charge in [-0.1, -0.05) is 49.7 Å². The monoisotopic (exact) mass is 378 g/mol. The van der Waals surface area contributed by atoms with E-state index in [0.29, 0.717) is 0 Å². The minimum atomic E-state index is 0. The number of para-hydroxylation sites is 2. The zero-order valence-electron chi connectivity index (χ0n) is 15.3. The number of hydrogen-bond acceptors (Lipinski definition) is 3. The minimum absolute atomic E-state index is 0. The molecule has 0 saturated carbocycles. The summed E-state index contributed by atoms with van der Waals surface area (Å²) in [5.74, 6) is 0.911. The maximum Gasteiger partial charge on any atom is 0.119 e. The van der Waals surface area contributed by atoms with Crippen LogP contribution in [0.25, 0.3) is 21.8 Å². The third kappa shape index (κ3) is 4.15. The van der Waals surface area contributed by atoms with Crippen molar-refractivity contribution in [1.29, 1.82) is 0 Å². The molecule has 1 heterocycles. The maximum atomic E-state index is 5.75. The van der Waals surface area contributed by atoms with Crippen molar-refractivity contribution < 1.29 is 4.74 Å². The predicted octanol–water partition coefficient (Wildman–Crippen LogP) is 6.73. The van der Waals surface area contributed by atoms with E-state index >= 15 is 0 Å². The lowest BCUT2D eigenvalue weighted by Gasteiger charge is -2.14. The van der Waals surface area contributed by atoms with Gasteiger partial charge < -0.3 is 10.1 Å². The van der Waals surface area contributed by atoms with Crippen LogP contribution >= 0.6 is 12.4 Å². The summed E-state index contributed by atoms with van der Waals surface area (Å²) in [6.07, 6.45) is 2.22. The number of aromatic nitrogens is 1. The van der Waals surface area contributed by atoms with Gasteiger partial charge in [0.2, 0.25) is 0 Å². The first kappa shape index (κ1) is 19.0. The van der Waals surface area contributed by atoms with Crippen LogP contribution in [-0.4, -0.2) is 11.6 Å². The van der Waals surface area contributed by atoms with Crippen molar-refractivity contribution in [3.8, 4) is 5.75 Å². The summed E-state index contributed by atoms with van der Waals surface area (Å²) in [6.45, 7) is 2.93. The van der Waals surface area contributed by atoms with Crippen LogP contribution in [0.4, 0.5) is 11.4 Å². The molecule has 0 aliphatic rings. The van der Waals surface area contributed by atoms with Crippen molar-refractivity contribution in [2.75, 3.05) is 11.9 Å². The molecule has 0 radical (unpaired) electrons. The second kappa shape index (κ2) is 8.74. The van der Waals surface area contributed by atoms with Gasteiger partial charge in [0.05, 0.1) is 23.3 Å². The number of anilines is 2. The Labute approximate surface area is 165 Å². The van der Waals surface area contributed by atoms with Crippen LogP contribution in [0.15, 0.2) is 72.8 Å². The van der Waals surface area contributed by atoms with Gasteiger partial charge in [0.15, 0.2) is 0 Å². The third-order valence-corrected chi connectivity index (χ3v) is 4.48. The number of nitrogens with zero attached hydrogens (tertiary/aromatic N) is 1. The molecule has 0 amide bonds. The molecular formula is C23H23ClN2O. The Morgan fingerprint density at radius 3 is 2.00 bits per heavy atom. The Morgan fingerprint density at radius 1 is 0.815 bits per heavy atom. The quantitative estimate of drug-likeness (QED) is 0.298. The fraction of sp³-hybridized carbons (Fsp3) is 0.174. The predicted molar refractivity (Wildman–Crippen MR) is 117 cm³/mol. The first-order chi connectivity index (χ1) is 12.8. The van der Waals surface area contributed by atoms with Crippen molar-refractivity contribution in [2.24, 2.45) is 0 Å². The molecule has 1 aromatic heterocycles. The van der Waals surface area contributed by atoms with Crippen molar-refractivity contribution in [3.63, 3.8) is 0 Å². The molecule has 4 heteroatoms. The molecule has 0 unspecified atom stereocenters. The molecular weight excluding hydrogens is 356 g/mol. The Morgan fingerprint density at radius 2 is 1.41 bits per heavy atom. The SMILES string of the molecule is CCCCOc1ccc(Nc2c3ccccc3nc3ccccc23)cc1.Cl.